The topological polar surface area (TPSA) is 29.9 Å². The van der Waals surface area contributed by atoms with Crippen LogP contribution in [0, 0.1) is 5.92 Å². The zero-order chi connectivity index (χ0) is 15.2. The molecule has 0 aliphatic carbocycles. The molecule has 3 heteroatoms. The summed E-state index contributed by atoms with van der Waals surface area (Å²) in [5.41, 5.74) is 2.45. The Labute approximate surface area is 128 Å². The summed E-state index contributed by atoms with van der Waals surface area (Å²) in [7, 11) is 2.04. The summed E-state index contributed by atoms with van der Waals surface area (Å²) in [5.74, 6) is 0.761. The monoisotopic (exact) mass is 287 g/mol. The second-order valence-electron chi connectivity index (χ2n) is 6.41. The van der Waals surface area contributed by atoms with Gasteiger partial charge in [0.2, 0.25) is 0 Å². The molecule has 21 heavy (non-hydrogen) atoms. The van der Waals surface area contributed by atoms with Crippen LogP contribution in [0.2, 0.25) is 0 Å². The van der Waals surface area contributed by atoms with Crippen LogP contribution >= 0.6 is 0 Å². The van der Waals surface area contributed by atoms with Crippen LogP contribution in [0.3, 0.4) is 0 Å². The summed E-state index contributed by atoms with van der Waals surface area (Å²) in [6.07, 6.45) is 4.70. The smallest absolute Gasteiger partial charge is 0.0718 e. The molecule has 0 bridgehead atoms. The van der Waals surface area contributed by atoms with Gasteiger partial charge in [0.15, 0.2) is 0 Å². The average Bonchev–Trinajstić information content (AvgIpc) is 2.79. The van der Waals surface area contributed by atoms with Crippen LogP contribution < -0.4 is 5.32 Å². The van der Waals surface area contributed by atoms with Gasteiger partial charge in [-0.25, -0.2) is 0 Å². The molecule has 1 unspecified atom stereocenters. The third-order valence-corrected chi connectivity index (χ3v) is 4.05. The van der Waals surface area contributed by atoms with Crippen molar-refractivity contribution in [3.8, 4) is 0 Å². The minimum absolute atomic E-state index is 0.533. The van der Waals surface area contributed by atoms with Crippen molar-refractivity contribution in [1.29, 1.82) is 0 Å². The van der Waals surface area contributed by atoms with E-state index >= 15 is 0 Å². The number of benzene rings is 1. The second kappa shape index (κ2) is 7.60. The molecule has 3 nitrogen and oxygen atoms in total. The standard InChI is InChI=1S/C18H29N3/c1-5-12-19-15(11-10-14(2)3)13-17-16-8-6-7-9-18(16)21(4)20-17/h6-9,14-15,19H,5,10-13H2,1-4H3. The molecule has 0 fully saturated rings. The lowest BCUT2D eigenvalue weighted by atomic mass is 9.99. The molecule has 2 rings (SSSR count). The van der Waals surface area contributed by atoms with Crippen molar-refractivity contribution in [3.05, 3.63) is 30.0 Å². The molecular formula is C18H29N3. The van der Waals surface area contributed by atoms with Crippen LogP contribution in [0.15, 0.2) is 24.3 Å². The summed E-state index contributed by atoms with van der Waals surface area (Å²) in [6.45, 7) is 7.91. The van der Waals surface area contributed by atoms with Gasteiger partial charge in [-0.15, -0.1) is 0 Å². The number of hydrogen-bond donors (Lipinski definition) is 1. The first-order chi connectivity index (χ1) is 10.1. The van der Waals surface area contributed by atoms with Gasteiger partial charge in [0.25, 0.3) is 0 Å². The Bertz CT molecular complexity index is 557. The maximum Gasteiger partial charge on any atom is 0.0718 e. The lowest BCUT2D eigenvalue weighted by Crippen LogP contribution is -2.32. The Kier molecular flexibility index (Phi) is 5.80. The summed E-state index contributed by atoms with van der Waals surface area (Å²) < 4.78 is 2.00. The van der Waals surface area contributed by atoms with Gasteiger partial charge in [-0.1, -0.05) is 39.0 Å². The van der Waals surface area contributed by atoms with Crippen LogP contribution in [0.1, 0.15) is 45.7 Å². The number of aromatic nitrogens is 2. The van der Waals surface area contributed by atoms with Gasteiger partial charge in [0.1, 0.15) is 0 Å². The third kappa shape index (κ3) is 4.31. The van der Waals surface area contributed by atoms with E-state index in [1.807, 2.05) is 11.7 Å². The first kappa shape index (κ1) is 16.0. The number of nitrogens with zero attached hydrogens (tertiary/aromatic N) is 2. The summed E-state index contributed by atoms with van der Waals surface area (Å²) in [6, 6.07) is 9.06. The SMILES string of the molecule is CCCNC(CCC(C)C)Cc1nn(C)c2ccccc12. The molecule has 1 N–H and O–H groups in total. The molecule has 1 aromatic carbocycles. The summed E-state index contributed by atoms with van der Waals surface area (Å²) in [5, 5.41) is 9.74. The van der Waals surface area contributed by atoms with Gasteiger partial charge in [0, 0.05) is 24.9 Å². The summed E-state index contributed by atoms with van der Waals surface area (Å²) >= 11 is 0. The first-order valence-electron chi connectivity index (χ1n) is 8.25. The van der Waals surface area contributed by atoms with E-state index < -0.39 is 0 Å². The molecule has 1 atom stereocenters. The number of rotatable bonds is 8. The van der Waals surface area contributed by atoms with E-state index in [9.17, 15) is 0 Å². The largest absolute Gasteiger partial charge is 0.314 e. The Morgan fingerprint density at radius 3 is 2.67 bits per heavy atom. The highest BCUT2D eigenvalue weighted by Crippen LogP contribution is 2.20. The molecule has 0 saturated heterocycles. The molecule has 1 aromatic heterocycles. The Hall–Kier alpha value is -1.35. The molecule has 0 radical (unpaired) electrons. The Morgan fingerprint density at radius 2 is 1.95 bits per heavy atom. The van der Waals surface area contributed by atoms with Gasteiger partial charge < -0.3 is 5.32 Å². The van der Waals surface area contributed by atoms with Crippen LogP contribution in [0.5, 0.6) is 0 Å². The van der Waals surface area contributed by atoms with Gasteiger partial charge in [0.05, 0.1) is 11.2 Å². The van der Waals surface area contributed by atoms with E-state index in [-0.39, 0.29) is 0 Å². The van der Waals surface area contributed by atoms with E-state index in [0.717, 1.165) is 18.9 Å². The second-order valence-corrected chi connectivity index (χ2v) is 6.41. The van der Waals surface area contributed by atoms with Crippen LogP contribution in [0.25, 0.3) is 10.9 Å². The average molecular weight is 287 g/mol. The lowest BCUT2D eigenvalue weighted by Gasteiger charge is -2.18. The Morgan fingerprint density at radius 1 is 1.19 bits per heavy atom. The van der Waals surface area contributed by atoms with Gasteiger partial charge >= 0.3 is 0 Å². The minimum atomic E-state index is 0.533. The molecule has 2 aromatic rings. The van der Waals surface area contributed by atoms with Crippen molar-refractivity contribution in [2.24, 2.45) is 13.0 Å². The molecule has 0 aliphatic rings. The molecule has 0 aliphatic heterocycles. The number of fused-ring (bicyclic) bond motifs is 1. The van der Waals surface area contributed by atoms with Crippen molar-refractivity contribution in [3.63, 3.8) is 0 Å². The van der Waals surface area contributed by atoms with E-state index in [1.54, 1.807) is 0 Å². The van der Waals surface area contributed by atoms with Crippen molar-refractivity contribution in [2.75, 3.05) is 6.54 Å². The normalized spacial score (nSPS) is 13.2. The summed E-state index contributed by atoms with van der Waals surface area (Å²) in [4.78, 5) is 0. The lowest BCUT2D eigenvalue weighted by molar-refractivity contribution is 0.424. The third-order valence-electron chi connectivity index (χ3n) is 4.05. The maximum absolute atomic E-state index is 4.74. The first-order valence-corrected chi connectivity index (χ1v) is 8.25. The zero-order valence-electron chi connectivity index (χ0n) is 13.9. The fraction of sp³-hybridized carbons (Fsp3) is 0.611. The highest BCUT2D eigenvalue weighted by Gasteiger charge is 2.15. The fourth-order valence-electron chi connectivity index (χ4n) is 2.83. The minimum Gasteiger partial charge on any atom is -0.314 e. The molecule has 1 heterocycles. The molecular weight excluding hydrogens is 258 g/mol. The Balaban J connectivity index is 2.13. The number of aryl methyl sites for hydroxylation is 1. The van der Waals surface area contributed by atoms with Crippen molar-refractivity contribution in [1.82, 2.24) is 15.1 Å². The highest BCUT2D eigenvalue weighted by molar-refractivity contribution is 5.81. The van der Waals surface area contributed by atoms with Crippen molar-refractivity contribution < 1.29 is 0 Å². The maximum atomic E-state index is 4.74. The zero-order valence-corrected chi connectivity index (χ0v) is 13.9. The van der Waals surface area contributed by atoms with E-state index in [4.69, 9.17) is 5.10 Å². The highest BCUT2D eigenvalue weighted by atomic mass is 15.3. The van der Waals surface area contributed by atoms with Crippen LogP contribution in [-0.4, -0.2) is 22.4 Å². The number of para-hydroxylation sites is 1. The van der Waals surface area contributed by atoms with Crippen LogP contribution in [-0.2, 0) is 13.5 Å². The molecule has 0 saturated carbocycles. The van der Waals surface area contributed by atoms with E-state index in [1.165, 1.54) is 35.9 Å². The van der Waals surface area contributed by atoms with Gasteiger partial charge in [-0.05, 0) is 37.8 Å². The quantitative estimate of drug-likeness (QED) is 0.797. The van der Waals surface area contributed by atoms with Crippen molar-refractivity contribution in [2.45, 2.75) is 52.5 Å². The predicted octanol–water partition coefficient (Wildman–Crippen LogP) is 3.92. The van der Waals surface area contributed by atoms with E-state index in [2.05, 4.69) is 50.4 Å². The fourth-order valence-corrected chi connectivity index (χ4v) is 2.83. The van der Waals surface area contributed by atoms with Crippen molar-refractivity contribution >= 4 is 10.9 Å². The predicted molar refractivity (Wildman–Crippen MR) is 90.6 cm³/mol. The number of nitrogens with one attached hydrogen (secondary N) is 1. The molecule has 0 amide bonds. The number of hydrogen-bond acceptors (Lipinski definition) is 2. The van der Waals surface area contributed by atoms with Crippen LogP contribution in [0.4, 0.5) is 0 Å². The van der Waals surface area contributed by atoms with E-state index in [0.29, 0.717) is 6.04 Å². The van der Waals surface area contributed by atoms with Gasteiger partial charge in [-0.2, -0.15) is 5.10 Å². The molecule has 0 spiro atoms. The van der Waals surface area contributed by atoms with Gasteiger partial charge in [-0.3, -0.25) is 4.68 Å². The molecule has 116 valence electrons.